The number of hydrogen-bond acceptors (Lipinski definition) is 5. The van der Waals surface area contributed by atoms with Gasteiger partial charge in [0, 0.05) is 5.71 Å². The average Bonchev–Trinajstić information content (AvgIpc) is 2.96. The van der Waals surface area contributed by atoms with Crippen LogP contribution in [0.5, 0.6) is 0 Å². The second-order valence-corrected chi connectivity index (χ2v) is 7.11. The summed E-state index contributed by atoms with van der Waals surface area (Å²) in [6.07, 6.45) is 4.57. The van der Waals surface area contributed by atoms with Gasteiger partial charge in [0.25, 0.3) is 5.91 Å². The number of anilines is 1. The molecule has 0 unspecified atom stereocenters. The van der Waals surface area contributed by atoms with Crippen LogP contribution in [0.15, 0.2) is 29.4 Å². The first-order valence-corrected chi connectivity index (χ1v) is 8.93. The zero-order valence-electron chi connectivity index (χ0n) is 13.5. The number of nitrogens with zero attached hydrogens (tertiary/aromatic N) is 2. The Morgan fingerprint density at radius 3 is 3.00 bits per heavy atom. The maximum absolute atomic E-state index is 12.2. The normalized spacial score (nSPS) is 21.3. The molecule has 6 heteroatoms. The maximum atomic E-state index is 12.2. The number of carbonyl (C=O) groups is 1. The molecular weight excluding hydrogens is 308 g/mol. The number of para-hydroxylation sites is 1. The molecule has 0 spiro atoms. The van der Waals surface area contributed by atoms with Gasteiger partial charge < -0.3 is 5.32 Å². The van der Waals surface area contributed by atoms with Crippen LogP contribution < -0.4 is 10.7 Å². The lowest BCUT2D eigenvalue weighted by atomic mass is 9.89. The van der Waals surface area contributed by atoms with Crippen LogP contribution in [0.4, 0.5) is 5.13 Å². The quantitative estimate of drug-likeness (QED) is 0.838. The van der Waals surface area contributed by atoms with Gasteiger partial charge >= 0.3 is 0 Å². The third-order valence-corrected chi connectivity index (χ3v) is 5.19. The molecule has 1 amide bonds. The average molecular weight is 330 g/mol. The van der Waals surface area contributed by atoms with Gasteiger partial charge in [-0.3, -0.25) is 4.79 Å². The molecule has 0 aliphatic heterocycles. The van der Waals surface area contributed by atoms with Gasteiger partial charge in [0.2, 0.25) is 0 Å². The molecule has 1 heterocycles. The van der Waals surface area contributed by atoms with E-state index in [-0.39, 0.29) is 11.9 Å². The van der Waals surface area contributed by atoms with Gasteiger partial charge in [0.05, 0.1) is 10.2 Å². The molecule has 2 aromatic rings. The van der Waals surface area contributed by atoms with Crippen molar-refractivity contribution < 1.29 is 4.79 Å². The summed E-state index contributed by atoms with van der Waals surface area (Å²) in [7, 11) is 0. The van der Waals surface area contributed by atoms with Crippen molar-refractivity contribution in [2.75, 3.05) is 5.32 Å². The number of rotatable bonds is 4. The number of benzene rings is 1. The molecule has 0 bridgehead atoms. The molecule has 0 radical (unpaired) electrons. The zero-order valence-corrected chi connectivity index (χ0v) is 14.3. The highest BCUT2D eigenvalue weighted by Gasteiger charge is 2.18. The highest BCUT2D eigenvalue weighted by atomic mass is 32.1. The second kappa shape index (κ2) is 7.08. The number of aromatic nitrogens is 1. The molecule has 1 fully saturated rings. The Bertz CT molecular complexity index is 691. The molecule has 1 aliphatic rings. The highest BCUT2D eigenvalue weighted by molar-refractivity contribution is 7.22. The molecule has 1 aliphatic carbocycles. The van der Waals surface area contributed by atoms with Crippen molar-refractivity contribution in [2.45, 2.75) is 45.6 Å². The molecular formula is C17H22N4OS. The molecule has 23 heavy (non-hydrogen) atoms. The van der Waals surface area contributed by atoms with Crippen LogP contribution >= 0.6 is 11.3 Å². The van der Waals surface area contributed by atoms with Crippen molar-refractivity contribution in [3.05, 3.63) is 24.3 Å². The van der Waals surface area contributed by atoms with Crippen molar-refractivity contribution >= 4 is 38.3 Å². The van der Waals surface area contributed by atoms with E-state index in [2.05, 4.69) is 27.8 Å². The summed E-state index contributed by atoms with van der Waals surface area (Å²) in [6, 6.07) is 7.57. The van der Waals surface area contributed by atoms with Crippen molar-refractivity contribution in [1.82, 2.24) is 10.4 Å². The Hall–Kier alpha value is -1.95. The first-order chi connectivity index (χ1) is 11.1. The molecule has 2 N–H and O–H groups in total. The Kier molecular flexibility index (Phi) is 4.91. The summed E-state index contributed by atoms with van der Waals surface area (Å²) < 4.78 is 1.11. The van der Waals surface area contributed by atoms with Crippen molar-refractivity contribution in [3.8, 4) is 0 Å². The molecule has 2 atom stereocenters. The van der Waals surface area contributed by atoms with Crippen molar-refractivity contribution in [1.29, 1.82) is 0 Å². The van der Waals surface area contributed by atoms with Gasteiger partial charge in [-0.1, -0.05) is 36.8 Å². The number of carbonyl (C=O) groups excluding carboxylic acids is 1. The predicted molar refractivity (Wildman–Crippen MR) is 95.9 cm³/mol. The maximum Gasteiger partial charge on any atom is 0.262 e. The first-order valence-electron chi connectivity index (χ1n) is 8.12. The number of fused-ring (bicyclic) bond motifs is 1. The first kappa shape index (κ1) is 15.9. The third kappa shape index (κ3) is 3.88. The largest absolute Gasteiger partial charge is 0.350 e. The number of amides is 1. The summed E-state index contributed by atoms with van der Waals surface area (Å²) >= 11 is 1.55. The van der Waals surface area contributed by atoms with Gasteiger partial charge in [-0.15, -0.1) is 0 Å². The van der Waals surface area contributed by atoms with Gasteiger partial charge in [-0.2, -0.15) is 5.10 Å². The van der Waals surface area contributed by atoms with E-state index in [9.17, 15) is 4.79 Å². The third-order valence-electron chi connectivity index (χ3n) is 4.23. The molecule has 122 valence electrons. The molecule has 3 rings (SSSR count). The predicted octanol–water partition coefficient (Wildman–Crippen LogP) is 3.78. The van der Waals surface area contributed by atoms with Crippen LogP contribution in [-0.4, -0.2) is 22.6 Å². The van der Waals surface area contributed by atoms with Crippen LogP contribution in [0, 0.1) is 5.92 Å². The monoisotopic (exact) mass is 330 g/mol. The fourth-order valence-electron chi connectivity index (χ4n) is 2.74. The van der Waals surface area contributed by atoms with E-state index in [0.717, 1.165) is 33.9 Å². The minimum Gasteiger partial charge on any atom is -0.350 e. The number of hydrazone groups is 1. The standard InChI is InChI=1S/C17H22N4OS/c1-11-7-3-4-8-13(11)20-21-16(22)12(2)18-17-19-14-9-5-6-10-15(14)23-17/h5-6,9-12H,3-4,7-8H2,1-2H3,(H,18,19)(H,21,22)/t11-,12-/m0/s1. The van der Waals surface area contributed by atoms with E-state index in [1.807, 2.05) is 31.2 Å². The van der Waals surface area contributed by atoms with Gasteiger partial charge in [-0.25, -0.2) is 10.4 Å². The van der Waals surface area contributed by atoms with Crippen molar-refractivity contribution in [3.63, 3.8) is 0 Å². The van der Waals surface area contributed by atoms with E-state index in [1.165, 1.54) is 12.8 Å². The number of hydrogen-bond donors (Lipinski definition) is 2. The van der Waals surface area contributed by atoms with Crippen LogP contribution in [0.1, 0.15) is 39.5 Å². The van der Waals surface area contributed by atoms with Gasteiger partial charge in [0.1, 0.15) is 6.04 Å². The van der Waals surface area contributed by atoms with Crippen LogP contribution in [0.2, 0.25) is 0 Å². The summed E-state index contributed by atoms with van der Waals surface area (Å²) in [5, 5.41) is 8.24. The molecule has 1 saturated carbocycles. The molecule has 1 aromatic heterocycles. The molecule has 1 aromatic carbocycles. The zero-order chi connectivity index (χ0) is 16.2. The van der Waals surface area contributed by atoms with Crippen LogP contribution in [0.25, 0.3) is 10.2 Å². The molecule has 5 nitrogen and oxygen atoms in total. The topological polar surface area (TPSA) is 66.4 Å². The Morgan fingerprint density at radius 1 is 1.39 bits per heavy atom. The van der Waals surface area contributed by atoms with E-state index in [1.54, 1.807) is 11.3 Å². The Balaban J connectivity index is 1.59. The Labute approximate surface area is 140 Å². The summed E-state index contributed by atoms with van der Waals surface area (Å²) in [4.78, 5) is 16.7. The summed E-state index contributed by atoms with van der Waals surface area (Å²) in [6.45, 7) is 4.00. The fraction of sp³-hybridized carbons (Fsp3) is 0.471. The lowest BCUT2D eigenvalue weighted by Crippen LogP contribution is -2.36. The lowest BCUT2D eigenvalue weighted by Gasteiger charge is -2.20. The van der Waals surface area contributed by atoms with E-state index in [0.29, 0.717) is 5.92 Å². The minimum absolute atomic E-state index is 0.130. The van der Waals surface area contributed by atoms with Crippen LogP contribution in [-0.2, 0) is 4.79 Å². The number of thiazole rings is 1. The minimum atomic E-state index is -0.376. The van der Waals surface area contributed by atoms with E-state index >= 15 is 0 Å². The smallest absolute Gasteiger partial charge is 0.262 e. The fourth-order valence-corrected chi connectivity index (χ4v) is 3.70. The van der Waals surface area contributed by atoms with Crippen molar-refractivity contribution in [2.24, 2.45) is 11.0 Å². The van der Waals surface area contributed by atoms with E-state index < -0.39 is 0 Å². The summed E-state index contributed by atoms with van der Waals surface area (Å²) in [5.74, 6) is 0.339. The second-order valence-electron chi connectivity index (χ2n) is 6.08. The van der Waals surface area contributed by atoms with E-state index in [4.69, 9.17) is 0 Å². The lowest BCUT2D eigenvalue weighted by molar-refractivity contribution is -0.121. The molecule has 0 saturated heterocycles. The van der Waals surface area contributed by atoms with Gasteiger partial charge in [-0.05, 0) is 44.2 Å². The number of nitrogens with one attached hydrogen (secondary N) is 2. The SMILES string of the molecule is C[C@H](Nc1nc2ccccc2s1)C(=O)NN=C1CCCC[C@@H]1C. The highest BCUT2D eigenvalue weighted by Crippen LogP contribution is 2.25. The van der Waals surface area contributed by atoms with Crippen LogP contribution in [0.3, 0.4) is 0 Å². The summed E-state index contributed by atoms with van der Waals surface area (Å²) in [5.41, 5.74) is 4.76. The Morgan fingerprint density at radius 2 is 2.22 bits per heavy atom. The van der Waals surface area contributed by atoms with Gasteiger partial charge in [0.15, 0.2) is 5.13 Å².